The van der Waals surface area contributed by atoms with Gasteiger partial charge in [0.05, 0.1) is 0 Å². The molecular weight excluding hydrogens is 189 g/mol. The largest absolute Gasteiger partial charge is 0.480 e. The summed E-state index contributed by atoms with van der Waals surface area (Å²) in [6, 6.07) is 0. The summed E-state index contributed by atoms with van der Waals surface area (Å²) >= 11 is 0. The second-order valence-electron chi connectivity index (χ2n) is 2.37. The van der Waals surface area contributed by atoms with E-state index in [1.54, 1.807) is 0 Å². The number of carboxylic acids is 1. The van der Waals surface area contributed by atoms with Gasteiger partial charge >= 0.3 is 12.1 Å². The lowest BCUT2D eigenvalue weighted by Gasteiger charge is -2.14. The van der Waals surface area contributed by atoms with Crippen LogP contribution in [0.25, 0.3) is 0 Å². The van der Waals surface area contributed by atoms with E-state index in [0.717, 1.165) is 6.92 Å². The van der Waals surface area contributed by atoms with Crippen molar-refractivity contribution >= 4 is 17.4 Å². The van der Waals surface area contributed by atoms with E-state index in [9.17, 15) is 18.0 Å². The molecule has 0 aliphatic rings. The van der Waals surface area contributed by atoms with Crippen molar-refractivity contribution in [2.75, 3.05) is 0 Å². The Bertz CT molecular complexity index is 245. The van der Waals surface area contributed by atoms with Crippen molar-refractivity contribution in [1.29, 1.82) is 10.8 Å². The molecule has 0 amide bonds. The molecule has 1 unspecified atom stereocenters. The number of hydrogen-bond acceptors (Lipinski definition) is 3. The Morgan fingerprint density at radius 1 is 1.38 bits per heavy atom. The summed E-state index contributed by atoms with van der Waals surface area (Å²) in [6.45, 7) is 0.916. The molecule has 0 aliphatic heterocycles. The summed E-state index contributed by atoms with van der Waals surface area (Å²) in [6.07, 6.45) is -4.99. The van der Waals surface area contributed by atoms with Crippen molar-refractivity contribution in [2.24, 2.45) is 5.92 Å². The average molecular weight is 196 g/mol. The van der Waals surface area contributed by atoms with Gasteiger partial charge in [0, 0.05) is 5.71 Å². The predicted octanol–water partition coefficient (Wildman–Crippen LogP) is 1.31. The monoisotopic (exact) mass is 196 g/mol. The number of halogens is 3. The Hall–Kier alpha value is -1.40. The van der Waals surface area contributed by atoms with Crippen LogP contribution in [-0.4, -0.2) is 28.7 Å². The third kappa shape index (κ3) is 2.85. The number of aliphatic carboxylic acids is 1. The first kappa shape index (κ1) is 11.6. The van der Waals surface area contributed by atoms with Gasteiger partial charge in [-0.15, -0.1) is 0 Å². The van der Waals surface area contributed by atoms with Crippen molar-refractivity contribution in [1.82, 2.24) is 0 Å². The van der Waals surface area contributed by atoms with Crippen LogP contribution in [0.2, 0.25) is 0 Å². The molecule has 0 saturated heterocycles. The van der Waals surface area contributed by atoms with Crippen LogP contribution < -0.4 is 0 Å². The lowest BCUT2D eigenvalue weighted by Crippen LogP contribution is -2.38. The van der Waals surface area contributed by atoms with E-state index in [1.165, 1.54) is 0 Å². The van der Waals surface area contributed by atoms with E-state index in [2.05, 4.69) is 0 Å². The van der Waals surface area contributed by atoms with E-state index >= 15 is 0 Å². The molecule has 0 fully saturated rings. The Morgan fingerprint density at radius 2 is 1.77 bits per heavy atom. The topological polar surface area (TPSA) is 85.0 Å². The first-order chi connectivity index (χ1) is 5.68. The zero-order chi connectivity index (χ0) is 10.8. The van der Waals surface area contributed by atoms with Gasteiger partial charge in [-0.1, -0.05) is 0 Å². The van der Waals surface area contributed by atoms with E-state index < -0.39 is 29.5 Å². The quantitative estimate of drug-likeness (QED) is 0.594. The Morgan fingerprint density at radius 3 is 1.85 bits per heavy atom. The summed E-state index contributed by atoms with van der Waals surface area (Å²) < 4.78 is 35.5. The number of rotatable bonds is 3. The van der Waals surface area contributed by atoms with Gasteiger partial charge < -0.3 is 10.5 Å². The van der Waals surface area contributed by atoms with Gasteiger partial charge in [-0.25, -0.2) is 0 Å². The summed E-state index contributed by atoms with van der Waals surface area (Å²) in [5, 5.41) is 21.6. The molecule has 4 nitrogen and oxygen atoms in total. The van der Waals surface area contributed by atoms with Crippen molar-refractivity contribution in [2.45, 2.75) is 13.1 Å². The lowest BCUT2D eigenvalue weighted by molar-refractivity contribution is -0.138. The SMILES string of the molecule is CC(=N)C(C(=N)C(F)(F)F)C(=O)O. The average Bonchev–Trinajstić information content (AvgIpc) is 1.82. The van der Waals surface area contributed by atoms with Crippen LogP contribution in [0.15, 0.2) is 0 Å². The number of carbonyl (C=O) groups is 1. The maximum absolute atomic E-state index is 11.8. The molecule has 0 aromatic rings. The molecular formula is C6H7F3N2O2. The Balaban J connectivity index is 4.89. The zero-order valence-electron chi connectivity index (χ0n) is 6.57. The summed E-state index contributed by atoms with van der Waals surface area (Å²) in [7, 11) is 0. The lowest BCUT2D eigenvalue weighted by atomic mass is 9.98. The van der Waals surface area contributed by atoms with Gasteiger partial charge in [-0.2, -0.15) is 13.2 Å². The summed E-state index contributed by atoms with van der Waals surface area (Å²) in [5.41, 5.74) is -2.64. The molecule has 0 saturated carbocycles. The van der Waals surface area contributed by atoms with Crippen molar-refractivity contribution in [3.05, 3.63) is 0 Å². The highest BCUT2D eigenvalue weighted by Gasteiger charge is 2.43. The van der Waals surface area contributed by atoms with Crippen LogP contribution in [0.3, 0.4) is 0 Å². The Kier molecular flexibility index (Phi) is 3.16. The molecule has 0 spiro atoms. The van der Waals surface area contributed by atoms with Gasteiger partial charge in [0.1, 0.15) is 11.6 Å². The van der Waals surface area contributed by atoms with Crippen molar-refractivity contribution < 1.29 is 23.1 Å². The maximum atomic E-state index is 11.8. The zero-order valence-corrected chi connectivity index (χ0v) is 6.57. The molecule has 0 rings (SSSR count). The third-order valence-electron chi connectivity index (χ3n) is 1.27. The van der Waals surface area contributed by atoms with Crippen LogP contribution in [-0.2, 0) is 4.79 Å². The fourth-order valence-corrected chi connectivity index (χ4v) is 0.689. The molecule has 0 bridgehead atoms. The summed E-state index contributed by atoms with van der Waals surface area (Å²) in [4.78, 5) is 10.2. The van der Waals surface area contributed by atoms with Crippen LogP contribution in [0, 0.1) is 16.7 Å². The smallest absolute Gasteiger partial charge is 0.430 e. The number of carboxylic acid groups (broad SMARTS) is 1. The van der Waals surface area contributed by atoms with Crippen LogP contribution in [0.5, 0.6) is 0 Å². The molecule has 0 radical (unpaired) electrons. The highest BCUT2D eigenvalue weighted by molar-refractivity contribution is 6.19. The van der Waals surface area contributed by atoms with E-state index in [4.69, 9.17) is 15.9 Å². The number of alkyl halides is 3. The predicted molar refractivity (Wildman–Crippen MR) is 38.3 cm³/mol. The van der Waals surface area contributed by atoms with Crippen LogP contribution in [0.4, 0.5) is 13.2 Å². The molecule has 13 heavy (non-hydrogen) atoms. The van der Waals surface area contributed by atoms with Crippen LogP contribution >= 0.6 is 0 Å². The molecule has 0 aliphatic carbocycles. The van der Waals surface area contributed by atoms with Crippen molar-refractivity contribution in [3.63, 3.8) is 0 Å². The first-order valence-electron chi connectivity index (χ1n) is 3.11. The second kappa shape index (κ2) is 3.55. The second-order valence-corrected chi connectivity index (χ2v) is 2.37. The van der Waals surface area contributed by atoms with E-state index in [-0.39, 0.29) is 0 Å². The first-order valence-corrected chi connectivity index (χ1v) is 3.11. The summed E-state index contributed by atoms with van der Waals surface area (Å²) in [5.74, 6) is -4.03. The minimum Gasteiger partial charge on any atom is -0.480 e. The minimum absolute atomic E-state index is 0.713. The number of hydrogen-bond donors (Lipinski definition) is 3. The number of nitrogens with one attached hydrogen (secondary N) is 2. The Labute approximate surface area is 71.4 Å². The minimum atomic E-state index is -4.99. The molecule has 3 N–H and O–H groups in total. The maximum Gasteiger partial charge on any atom is 0.430 e. The highest BCUT2D eigenvalue weighted by Crippen LogP contribution is 2.22. The van der Waals surface area contributed by atoms with Gasteiger partial charge in [0.25, 0.3) is 0 Å². The van der Waals surface area contributed by atoms with Crippen molar-refractivity contribution in [3.8, 4) is 0 Å². The fraction of sp³-hybridized carbons (Fsp3) is 0.500. The molecule has 74 valence electrons. The third-order valence-corrected chi connectivity index (χ3v) is 1.27. The van der Waals surface area contributed by atoms with Crippen LogP contribution in [0.1, 0.15) is 6.92 Å². The molecule has 1 atom stereocenters. The standard InChI is InChI=1S/C6H7F3N2O2/c1-2(10)3(5(12)13)4(11)6(7,8)9/h3,10-11H,1H3,(H,12,13). The molecule has 7 heteroatoms. The highest BCUT2D eigenvalue weighted by atomic mass is 19.4. The molecule has 0 aromatic heterocycles. The molecule has 0 aromatic carbocycles. The van der Waals surface area contributed by atoms with Gasteiger partial charge in [-0.05, 0) is 6.92 Å². The fourth-order valence-electron chi connectivity index (χ4n) is 0.689. The van der Waals surface area contributed by atoms with E-state index in [0.29, 0.717) is 0 Å². The van der Waals surface area contributed by atoms with E-state index in [1.807, 2.05) is 0 Å². The van der Waals surface area contributed by atoms with Gasteiger partial charge in [-0.3, -0.25) is 10.2 Å². The van der Waals surface area contributed by atoms with Gasteiger partial charge in [0.2, 0.25) is 0 Å². The normalized spacial score (nSPS) is 13.5. The molecule has 0 heterocycles. The van der Waals surface area contributed by atoms with Gasteiger partial charge in [0.15, 0.2) is 0 Å².